The Balaban J connectivity index is 3.33. The molecule has 1 N–H and O–H groups in total. The highest BCUT2D eigenvalue weighted by Crippen LogP contribution is 2.34. The minimum Gasteiger partial charge on any atom is -0.478 e. The quantitative estimate of drug-likeness (QED) is 0.810. The number of halogens is 3. The molecule has 0 aliphatic carbocycles. The summed E-state index contributed by atoms with van der Waals surface area (Å²) in [5.74, 6) is -1.62. The van der Waals surface area contributed by atoms with Crippen molar-refractivity contribution in [3.05, 3.63) is 41.0 Å². The van der Waals surface area contributed by atoms with Crippen molar-refractivity contribution in [2.24, 2.45) is 0 Å². The molecule has 92 valence electrons. The molecule has 0 unspecified atom stereocenters. The van der Waals surface area contributed by atoms with Crippen LogP contribution >= 0.6 is 0 Å². The van der Waals surface area contributed by atoms with Gasteiger partial charge in [-0.1, -0.05) is 18.2 Å². The lowest BCUT2D eigenvalue weighted by atomic mass is 10.00. The maximum absolute atomic E-state index is 12.7. The summed E-state index contributed by atoms with van der Waals surface area (Å²) in [4.78, 5) is 10.4. The van der Waals surface area contributed by atoms with Gasteiger partial charge in [0.15, 0.2) is 0 Å². The standard InChI is InChI=1S/C12H11F3O2/c1-7-3-4-9(5-8(7)2)10(6-11(16)17)12(13,14)15/h3-6H,1-2H3,(H,16,17)/b10-6+. The second-order valence-electron chi connectivity index (χ2n) is 3.69. The Bertz CT molecular complexity index is 473. The first-order valence-corrected chi connectivity index (χ1v) is 4.81. The number of hydrogen-bond acceptors (Lipinski definition) is 1. The van der Waals surface area contributed by atoms with Crippen molar-refractivity contribution in [2.45, 2.75) is 20.0 Å². The van der Waals surface area contributed by atoms with Crippen LogP contribution in [-0.4, -0.2) is 17.3 Å². The molecule has 0 bridgehead atoms. The van der Waals surface area contributed by atoms with E-state index in [4.69, 9.17) is 5.11 Å². The van der Waals surface area contributed by atoms with Crippen LogP contribution in [0.15, 0.2) is 24.3 Å². The molecular formula is C12H11F3O2. The van der Waals surface area contributed by atoms with Crippen LogP contribution in [0.5, 0.6) is 0 Å². The summed E-state index contributed by atoms with van der Waals surface area (Å²) in [5, 5.41) is 8.46. The summed E-state index contributed by atoms with van der Waals surface area (Å²) in [7, 11) is 0. The van der Waals surface area contributed by atoms with Crippen LogP contribution in [0.3, 0.4) is 0 Å². The van der Waals surface area contributed by atoms with Crippen molar-refractivity contribution in [2.75, 3.05) is 0 Å². The van der Waals surface area contributed by atoms with Crippen molar-refractivity contribution in [3.63, 3.8) is 0 Å². The van der Waals surface area contributed by atoms with E-state index in [-0.39, 0.29) is 11.6 Å². The van der Waals surface area contributed by atoms with Gasteiger partial charge < -0.3 is 5.11 Å². The van der Waals surface area contributed by atoms with E-state index in [0.717, 1.165) is 5.56 Å². The van der Waals surface area contributed by atoms with Crippen molar-refractivity contribution in [1.29, 1.82) is 0 Å². The monoisotopic (exact) mass is 244 g/mol. The molecule has 5 heteroatoms. The predicted molar refractivity (Wildman–Crippen MR) is 57.6 cm³/mol. The number of aryl methyl sites for hydroxylation is 2. The Morgan fingerprint density at radius 1 is 1.24 bits per heavy atom. The van der Waals surface area contributed by atoms with Crippen LogP contribution in [0.25, 0.3) is 5.57 Å². The molecule has 0 amide bonds. The van der Waals surface area contributed by atoms with Gasteiger partial charge in [-0.25, -0.2) is 4.79 Å². The Morgan fingerprint density at radius 2 is 1.82 bits per heavy atom. The molecule has 17 heavy (non-hydrogen) atoms. The lowest BCUT2D eigenvalue weighted by Crippen LogP contribution is -2.12. The van der Waals surface area contributed by atoms with Crippen molar-refractivity contribution < 1.29 is 23.1 Å². The molecule has 0 fully saturated rings. The summed E-state index contributed by atoms with van der Waals surface area (Å²) in [5.41, 5.74) is 0.254. The highest BCUT2D eigenvalue weighted by molar-refractivity contribution is 5.91. The van der Waals surface area contributed by atoms with Gasteiger partial charge in [0.25, 0.3) is 0 Å². The van der Waals surface area contributed by atoms with E-state index in [1.807, 2.05) is 0 Å². The molecule has 0 saturated carbocycles. The number of carbonyl (C=O) groups is 1. The molecule has 1 rings (SSSR count). The predicted octanol–water partition coefficient (Wildman–Crippen LogP) is 3.33. The Hall–Kier alpha value is -1.78. The van der Waals surface area contributed by atoms with Crippen molar-refractivity contribution >= 4 is 11.5 Å². The van der Waals surface area contributed by atoms with Crippen molar-refractivity contribution in [1.82, 2.24) is 0 Å². The van der Waals surface area contributed by atoms with Gasteiger partial charge in [0.05, 0.1) is 5.57 Å². The summed E-state index contributed by atoms with van der Waals surface area (Å²) < 4.78 is 38.0. The lowest BCUT2D eigenvalue weighted by molar-refractivity contribution is -0.131. The van der Waals surface area contributed by atoms with Crippen LogP contribution < -0.4 is 0 Å². The Kier molecular flexibility index (Phi) is 3.60. The van der Waals surface area contributed by atoms with Gasteiger partial charge in [-0.05, 0) is 30.5 Å². The van der Waals surface area contributed by atoms with Gasteiger partial charge in [-0.15, -0.1) is 0 Å². The fraction of sp³-hybridized carbons (Fsp3) is 0.250. The van der Waals surface area contributed by atoms with Gasteiger partial charge in [-0.2, -0.15) is 13.2 Å². The van der Waals surface area contributed by atoms with E-state index in [0.29, 0.717) is 5.56 Å². The maximum Gasteiger partial charge on any atom is 0.417 e. The molecule has 0 heterocycles. The molecular weight excluding hydrogens is 233 g/mol. The average molecular weight is 244 g/mol. The normalized spacial score (nSPS) is 12.6. The van der Waals surface area contributed by atoms with Gasteiger partial charge in [0.2, 0.25) is 0 Å². The lowest BCUT2D eigenvalue weighted by Gasteiger charge is -2.12. The number of hydrogen-bond donors (Lipinski definition) is 1. The molecule has 0 atom stereocenters. The summed E-state index contributed by atoms with van der Waals surface area (Å²) >= 11 is 0. The first-order chi connectivity index (χ1) is 7.71. The van der Waals surface area contributed by atoms with E-state index in [9.17, 15) is 18.0 Å². The minimum atomic E-state index is -4.68. The first kappa shape index (κ1) is 13.3. The smallest absolute Gasteiger partial charge is 0.417 e. The second-order valence-corrected chi connectivity index (χ2v) is 3.69. The molecule has 0 radical (unpaired) electrons. The van der Waals surface area contributed by atoms with E-state index < -0.39 is 17.7 Å². The molecule has 1 aromatic carbocycles. The Labute approximate surface area is 96.4 Å². The average Bonchev–Trinajstić information content (AvgIpc) is 2.17. The summed E-state index contributed by atoms with van der Waals surface area (Å²) in [6, 6.07) is 4.13. The zero-order chi connectivity index (χ0) is 13.2. The van der Waals surface area contributed by atoms with Gasteiger partial charge >= 0.3 is 12.1 Å². The molecule has 1 aromatic rings. The van der Waals surface area contributed by atoms with E-state index in [2.05, 4.69) is 0 Å². The number of benzene rings is 1. The molecule has 0 spiro atoms. The number of carboxylic acids is 1. The van der Waals surface area contributed by atoms with Crippen LogP contribution in [0.4, 0.5) is 13.2 Å². The SMILES string of the molecule is Cc1ccc(/C(=C\C(=O)O)C(F)(F)F)cc1C. The topological polar surface area (TPSA) is 37.3 Å². The van der Waals surface area contributed by atoms with Gasteiger partial charge in [0.1, 0.15) is 0 Å². The van der Waals surface area contributed by atoms with E-state index in [1.165, 1.54) is 18.2 Å². The first-order valence-electron chi connectivity index (χ1n) is 4.81. The second kappa shape index (κ2) is 4.61. The summed E-state index contributed by atoms with van der Waals surface area (Å²) in [6.45, 7) is 3.45. The number of carboxylic acid groups (broad SMARTS) is 1. The van der Waals surface area contributed by atoms with Crippen molar-refractivity contribution in [3.8, 4) is 0 Å². The maximum atomic E-state index is 12.7. The third-order valence-corrected chi connectivity index (χ3v) is 2.39. The molecule has 0 aromatic heterocycles. The molecule has 2 nitrogen and oxygen atoms in total. The van der Waals surface area contributed by atoms with Gasteiger partial charge in [0, 0.05) is 6.08 Å². The zero-order valence-corrected chi connectivity index (χ0v) is 9.30. The fourth-order valence-corrected chi connectivity index (χ4v) is 1.36. The number of aliphatic carboxylic acids is 1. The zero-order valence-electron chi connectivity index (χ0n) is 9.30. The third kappa shape index (κ3) is 3.34. The van der Waals surface area contributed by atoms with E-state index in [1.54, 1.807) is 13.8 Å². The van der Waals surface area contributed by atoms with Crippen LogP contribution in [0, 0.1) is 13.8 Å². The molecule has 0 saturated heterocycles. The van der Waals surface area contributed by atoms with Gasteiger partial charge in [-0.3, -0.25) is 0 Å². The summed E-state index contributed by atoms with van der Waals surface area (Å²) in [6.07, 6.45) is -4.50. The third-order valence-electron chi connectivity index (χ3n) is 2.39. The number of alkyl halides is 3. The van der Waals surface area contributed by atoms with Crippen LogP contribution in [0.2, 0.25) is 0 Å². The molecule has 0 aliphatic heterocycles. The fourth-order valence-electron chi connectivity index (χ4n) is 1.36. The highest BCUT2D eigenvalue weighted by atomic mass is 19.4. The molecule has 0 aliphatic rings. The van der Waals surface area contributed by atoms with Crippen LogP contribution in [0.1, 0.15) is 16.7 Å². The Morgan fingerprint density at radius 3 is 2.24 bits per heavy atom. The van der Waals surface area contributed by atoms with Crippen LogP contribution in [-0.2, 0) is 4.79 Å². The number of allylic oxidation sites excluding steroid dienone is 1. The highest BCUT2D eigenvalue weighted by Gasteiger charge is 2.35. The minimum absolute atomic E-state index is 0.136. The number of rotatable bonds is 2. The van der Waals surface area contributed by atoms with E-state index >= 15 is 0 Å². The largest absolute Gasteiger partial charge is 0.478 e.